The van der Waals surface area contributed by atoms with Crippen molar-refractivity contribution < 1.29 is 0 Å². The standard InChI is InChI=1S/C6H10N2S.ClH/c1-4-6(3-7)8-5(2)9-4;/h3,7H2,1-2H3;1H. The molecule has 1 heterocycles. The van der Waals surface area contributed by atoms with E-state index in [-0.39, 0.29) is 12.4 Å². The van der Waals surface area contributed by atoms with Crippen LogP contribution in [0, 0.1) is 13.8 Å². The largest absolute Gasteiger partial charge is 0.325 e. The fourth-order valence-corrected chi connectivity index (χ4v) is 1.61. The Morgan fingerprint density at radius 1 is 1.50 bits per heavy atom. The molecule has 10 heavy (non-hydrogen) atoms. The van der Waals surface area contributed by atoms with Gasteiger partial charge in [-0.15, -0.1) is 23.7 Å². The summed E-state index contributed by atoms with van der Waals surface area (Å²) in [7, 11) is 0. The summed E-state index contributed by atoms with van der Waals surface area (Å²) in [6.45, 7) is 4.61. The van der Waals surface area contributed by atoms with E-state index < -0.39 is 0 Å². The molecule has 4 heteroatoms. The van der Waals surface area contributed by atoms with E-state index in [0.29, 0.717) is 6.54 Å². The average Bonchev–Trinajstić information content (AvgIpc) is 2.10. The second kappa shape index (κ2) is 3.91. The predicted molar refractivity (Wildman–Crippen MR) is 46.7 cm³/mol. The molecule has 0 aromatic carbocycles. The SMILES string of the molecule is Cc1nc(CN)c(C)s1.Cl. The van der Waals surface area contributed by atoms with E-state index in [1.165, 1.54) is 4.88 Å². The maximum absolute atomic E-state index is 5.41. The highest BCUT2D eigenvalue weighted by Gasteiger charge is 1.99. The summed E-state index contributed by atoms with van der Waals surface area (Å²) in [4.78, 5) is 5.47. The first-order valence-electron chi connectivity index (χ1n) is 2.87. The lowest BCUT2D eigenvalue weighted by atomic mass is 10.4. The molecule has 0 saturated carbocycles. The number of hydrogen-bond donors (Lipinski definition) is 1. The van der Waals surface area contributed by atoms with Crippen LogP contribution in [0.25, 0.3) is 0 Å². The quantitative estimate of drug-likeness (QED) is 0.710. The lowest BCUT2D eigenvalue weighted by molar-refractivity contribution is 0.985. The van der Waals surface area contributed by atoms with Crippen LogP contribution >= 0.6 is 23.7 Å². The van der Waals surface area contributed by atoms with Gasteiger partial charge in [0, 0.05) is 11.4 Å². The van der Waals surface area contributed by atoms with Crippen LogP contribution in [0.2, 0.25) is 0 Å². The third-order valence-electron chi connectivity index (χ3n) is 1.19. The van der Waals surface area contributed by atoms with Crippen molar-refractivity contribution in [1.82, 2.24) is 4.98 Å². The average molecular weight is 179 g/mol. The number of nitrogens with two attached hydrogens (primary N) is 1. The third-order valence-corrected chi connectivity index (χ3v) is 2.12. The summed E-state index contributed by atoms with van der Waals surface area (Å²) in [5, 5.41) is 1.10. The first kappa shape index (κ1) is 9.88. The number of aromatic nitrogens is 1. The monoisotopic (exact) mass is 178 g/mol. The summed E-state index contributed by atoms with van der Waals surface area (Å²) >= 11 is 1.70. The Hall–Kier alpha value is -0.120. The minimum Gasteiger partial charge on any atom is -0.325 e. The second-order valence-electron chi connectivity index (χ2n) is 1.94. The zero-order valence-corrected chi connectivity index (χ0v) is 7.68. The highest BCUT2D eigenvalue weighted by molar-refractivity contribution is 7.11. The van der Waals surface area contributed by atoms with Crippen molar-refractivity contribution in [2.45, 2.75) is 20.4 Å². The van der Waals surface area contributed by atoms with E-state index in [4.69, 9.17) is 5.73 Å². The van der Waals surface area contributed by atoms with Gasteiger partial charge >= 0.3 is 0 Å². The van der Waals surface area contributed by atoms with Gasteiger partial charge in [-0.05, 0) is 13.8 Å². The van der Waals surface area contributed by atoms with Crippen molar-refractivity contribution in [3.8, 4) is 0 Å². The van der Waals surface area contributed by atoms with Crippen LogP contribution < -0.4 is 5.73 Å². The minimum atomic E-state index is 0. The summed E-state index contributed by atoms with van der Waals surface area (Å²) in [6.07, 6.45) is 0. The van der Waals surface area contributed by atoms with Gasteiger partial charge in [-0.25, -0.2) is 4.98 Å². The van der Waals surface area contributed by atoms with Crippen LogP contribution in [0.15, 0.2) is 0 Å². The molecule has 0 amide bonds. The Morgan fingerprint density at radius 3 is 2.30 bits per heavy atom. The molecule has 1 rings (SSSR count). The number of hydrogen-bond acceptors (Lipinski definition) is 3. The van der Waals surface area contributed by atoms with Gasteiger partial charge in [0.15, 0.2) is 0 Å². The number of halogens is 1. The number of nitrogens with zero attached hydrogens (tertiary/aromatic N) is 1. The molecule has 0 aliphatic heterocycles. The lowest BCUT2D eigenvalue weighted by Gasteiger charge is -1.86. The van der Waals surface area contributed by atoms with E-state index in [1.807, 2.05) is 13.8 Å². The van der Waals surface area contributed by atoms with Crippen molar-refractivity contribution in [2.75, 3.05) is 0 Å². The lowest BCUT2D eigenvalue weighted by Crippen LogP contribution is -1.97. The van der Waals surface area contributed by atoms with E-state index in [2.05, 4.69) is 4.98 Å². The van der Waals surface area contributed by atoms with Crippen molar-refractivity contribution in [3.63, 3.8) is 0 Å². The molecule has 0 aliphatic carbocycles. The van der Waals surface area contributed by atoms with Crippen LogP contribution in [0.3, 0.4) is 0 Å². The van der Waals surface area contributed by atoms with Gasteiger partial charge in [-0.2, -0.15) is 0 Å². The number of thiazole rings is 1. The van der Waals surface area contributed by atoms with Crippen molar-refractivity contribution in [2.24, 2.45) is 5.73 Å². The third kappa shape index (κ3) is 1.94. The molecule has 2 N–H and O–H groups in total. The Balaban J connectivity index is 0.000000810. The molecular formula is C6H11ClN2S. The van der Waals surface area contributed by atoms with Crippen LogP contribution in [0.1, 0.15) is 15.6 Å². The molecule has 2 nitrogen and oxygen atoms in total. The topological polar surface area (TPSA) is 38.9 Å². The molecule has 0 fully saturated rings. The molecule has 0 saturated heterocycles. The molecule has 1 aromatic rings. The maximum atomic E-state index is 5.41. The Kier molecular flexibility index (Phi) is 3.86. The van der Waals surface area contributed by atoms with E-state index >= 15 is 0 Å². The highest BCUT2D eigenvalue weighted by Crippen LogP contribution is 2.14. The Morgan fingerprint density at radius 2 is 2.10 bits per heavy atom. The highest BCUT2D eigenvalue weighted by atomic mass is 35.5. The molecule has 0 aliphatic rings. The smallest absolute Gasteiger partial charge is 0.0900 e. The zero-order chi connectivity index (χ0) is 6.85. The molecular weight excluding hydrogens is 168 g/mol. The van der Waals surface area contributed by atoms with Crippen molar-refractivity contribution in [1.29, 1.82) is 0 Å². The maximum Gasteiger partial charge on any atom is 0.0900 e. The molecule has 0 radical (unpaired) electrons. The minimum absolute atomic E-state index is 0. The summed E-state index contributed by atoms with van der Waals surface area (Å²) < 4.78 is 0. The van der Waals surface area contributed by atoms with E-state index in [9.17, 15) is 0 Å². The normalized spacial score (nSPS) is 9.10. The van der Waals surface area contributed by atoms with Gasteiger partial charge in [0.05, 0.1) is 10.7 Å². The van der Waals surface area contributed by atoms with Crippen LogP contribution in [-0.2, 0) is 6.54 Å². The van der Waals surface area contributed by atoms with Crippen LogP contribution in [0.4, 0.5) is 0 Å². The molecule has 0 spiro atoms. The molecule has 1 aromatic heterocycles. The van der Waals surface area contributed by atoms with Gasteiger partial charge in [0.2, 0.25) is 0 Å². The van der Waals surface area contributed by atoms with E-state index in [1.54, 1.807) is 11.3 Å². The molecule has 0 bridgehead atoms. The van der Waals surface area contributed by atoms with Gasteiger partial charge in [0.1, 0.15) is 0 Å². The number of aryl methyl sites for hydroxylation is 2. The first-order valence-corrected chi connectivity index (χ1v) is 3.68. The Bertz CT molecular complexity index is 210. The zero-order valence-electron chi connectivity index (χ0n) is 6.05. The van der Waals surface area contributed by atoms with E-state index in [0.717, 1.165) is 10.7 Å². The first-order chi connectivity index (χ1) is 4.24. The molecule has 0 unspecified atom stereocenters. The fraction of sp³-hybridized carbons (Fsp3) is 0.500. The second-order valence-corrected chi connectivity index (χ2v) is 3.35. The molecule has 58 valence electrons. The summed E-state index contributed by atoms with van der Waals surface area (Å²) in [5.41, 5.74) is 6.45. The van der Waals surface area contributed by atoms with Crippen molar-refractivity contribution in [3.05, 3.63) is 15.6 Å². The summed E-state index contributed by atoms with van der Waals surface area (Å²) in [6, 6.07) is 0. The van der Waals surface area contributed by atoms with Gasteiger partial charge in [0.25, 0.3) is 0 Å². The fourth-order valence-electron chi connectivity index (χ4n) is 0.761. The van der Waals surface area contributed by atoms with Crippen molar-refractivity contribution >= 4 is 23.7 Å². The van der Waals surface area contributed by atoms with Gasteiger partial charge in [-0.3, -0.25) is 0 Å². The van der Waals surface area contributed by atoms with Crippen LogP contribution in [-0.4, -0.2) is 4.98 Å². The number of rotatable bonds is 1. The predicted octanol–water partition coefficient (Wildman–Crippen LogP) is 1.64. The van der Waals surface area contributed by atoms with Gasteiger partial charge < -0.3 is 5.73 Å². The Labute approximate surface area is 70.9 Å². The van der Waals surface area contributed by atoms with Crippen LogP contribution in [0.5, 0.6) is 0 Å². The van der Waals surface area contributed by atoms with Gasteiger partial charge in [-0.1, -0.05) is 0 Å². The summed E-state index contributed by atoms with van der Waals surface area (Å²) in [5.74, 6) is 0. The molecule has 0 atom stereocenters.